The van der Waals surface area contributed by atoms with Crippen molar-refractivity contribution < 1.29 is 4.39 Å². The Morgan fingerprint density at radius 3 is 2.53 bits per heavy atom. The quantitative estimate of drug-likeness (QED) is 0.772. The van der Waals surface area contributed by atoms with Crippen LogP contribution in [0.25, 0.3) is 0 Å². The molecule has 1 aliphatic carbocycles. The van der Waals surface area contributed by atoms with Gasteiger partial charge < -0.3 is 11.1 Å². The summed E-state index contributed by atoms with van der Waals surface area (Å²) in [6.45, 7) is 5.48. The summed E-state index contributed by atoms with van der Waals surface area (Å²) in [6, 6.07) is 4.68. The van der Waals surface area contributed by atoms with Crippen molar-refractivity contribution in [1.82, 2.24) is 0 Å². The summed E-state index contributed by atoms with van der Waals surface area (Å²) in [7, 11) is 0. The van der Waals surface area contributed by atoms with Gasteiger partial charge in [0.2, 0.25) is 0 Å². The molecule has 0 aliphatic heterocycles. The van der Waals surface area contributed by atoms with Crippen LogP contribution >= 0.6 is 0 Å². The van der Waals surface area contributed by atoms with E-state index in [2.05, 4.69) is 19.2 Å². The van der Waals surface area contributed by atoms with Crippen LogP contribution in [0.15, 0.2) is 18.2 Å². The first-order valence-corrected chi connectivity index (χ1v) is 7.29. The van der Waals surface area contributed by atoms with Gasteiger partial charge in [0.25, 0.3) is 0 Å². The number of nitrogens with two attached hydrogens (primary N) is 1. The Labute approximate surface area is 115 Å². The highest BCUT2D eigenvalue weighted by atomic mass is 19.1. The maximum atomic E-state index is 13.3. The van der Waals surface area contributed by atoms with E-state index in [0.717, 1.165) is 12.2 Å². The molecule has 2 rings (SSSR count). The molecule has 0 radical (unpaired) electrons. The van der Waals surface area contributed by atoms with Crippen molar-refractivity contribution in [3.63, 3.8) is 0 Å². The Kier molecular flexibility index (Phi) is 4.33. The topological polar surface area (TPSA) is 38.0 Å². The Morgan fingerprint density at radius 1 is 1.26 bits per heavy atom. The lowest BCUT2D eigenvalue weighted by Gasteiger charge is -2.31. The molecule has 0 spiro atoms. The van der Waals surface area contributed by atoms with Gasteiger partial charge in [-0.25, -0.2) is 4.39 Å². The van der Waals surface area contributed by atoms with Crippen molar-refractivity contribution in [2.45, 2.75) is 46.0 Å². The SMILES string of the molecule is CC(C)CC1(CNc2cc(N)cc(F)c2)CCCC1. The van der Waals surface area contributed by atoms with Crippen molar-refractivity contribution in [3.8, 4) is 0 Å². The van der Waals surface area contributed by atoms with Crippen molar-refractivity contribution in [2.75, 3.05) is 17.6 Å². The maximum absolute atomic E-state index is 13.3. The van der Waals surface area contributed by atoms with Crippen LogP contribution < -0.4 is 11.1 Å². The molecule has 0 saturated heterocycles. The van der Waals surface area contributed by atoms with Gasteiger partial charge in [0.1, 0.15) is 5.82 Å². The predicted molar refractivity (Wildman–Crippen MR) is 79.7 cm³/mol. The van der Waals surface area contributed by atoms with Crippen LogP contribution in [0.2, 0.25) is 0 Å². The maximum Gasteiger partial charge on any atom is 0.127 e. The van der Waals surface area contributed by atoms with Crippen LogP contribution in [0.3, 0.4) is 0 Å². The third-order valence-electron chi connectivity index (χ3n) is 4.09. The van der Waals surface area contributed by atoms with Gasteiger partial charge in [-0.2, -0.15) is 0 Å². The van der Waals surface area contributed by atoms with Gasteiger partial charge in [-0.15, -0.1) is 0 Å². The van der Waals surface area contributed by atoms with E-state index in [-0.39, 0.29) is 5.82 Å². The van der Waals surface area contributed by atoms with E-state index in [4.69, 9.17) is 5.73 Å². The molecule has 2 nitrogen and oxygen atoms in total. The zero-order valence-corrected chi connectivity index (χ0v) is 12.0. The largest absolute Gasteiger partial charge is 0.399 e. The normalized spacial score (nSPS) is 17.9. The van der Waals surface area contributed by atoms with Crippen molar-refractivity contribution >= 4 is 11.4 Å². The average molecular weight is 264 g/mol. The molecule has 3 N–H and O–H groups in total. The Bertz CT molecular complexity index is 403. The highest BCUT2D eigenvalue weighted by Crippen LogP contribution is 2.43. The van der Waals surface area contributed by atoms with Crippen LogP contribution in [0.1, 0.15) is 46.0 Å². The van der Waals surface area contributed by atoms with Crippen LogP contribution in [-0.4, -0.2) is 6.54 Å². The summed E-state index contributed by atoms with van der Waals surface area (Å²) in [6.07, 6.45) is 6.44. The van der Waals surface area contributed by atoms with E-state index >= 15 is 0 Å². The average Bonchev–Trinajstić information content (AvgIpc) is 2.73. The molecule has 19 heavy (non-hydrogen) atoms. The number of nitrogen functional groups attached to an aromatic ring is 1. The number of anilines is 2. The van der Waals surface area contributed by atoms with Crippen molar-refractivity contribution in [3.05, 3.63) is 24.0 Å². The van der Waals surface area contributed by atoms with Gasteiger partial charge in [0.05, 0.1) is 0 Å². The second-order valence-corrected chi connectivity index (χ2v) is 6.43. The molecule has 0 amide bonds. The molecule has 0 bridgehead atoms. The summed E-state index contributed by atoms with van der Waals surface area (Å²) >= 11 is 0. The van der Waals surface area contributed by atoms with E-state index < -0.39 is 0 Å². The van der Waals surface area contributed by atoms with Gasteiger partial charge in [0, 0.05) is 17.9 Å². The van der Waals surface area contributed by atoms with Crippen LogP contribution in [0.4, 0.5) is 15.8 Å². The number of nitrogens with one attached hydrogen (secondary N) is 1. The molecular weight excluding hydrogens is 239 g/mol. The Balaban J connectivity index is 2.02. The fraction of sp³-hybridized carbons (Fsp3) is 0.625. The lowest BCUT2D eigenvalue weighted by Crippen LogP contribution is -2.28. The summed E-state index contributed by atoms with van der Waals surface area (Å²) < 4.78 is 13.3. The standard InChI is InChI=1S/C16H25FN2/c1-12(2)10-16(5-3-4-6-16)11-19-15-8-13(17)7-14(18)9-15/h7-9,12,19H,3-6,10-11,18H2,1-2H3. The minimum absolute atomic E-state index is 0.271. The van der Waals surface area contributed by atoms with E-state index in [1.807, 2.05) is 0 Å². The first-order valence-electron chi connectivity index (χ1n) is 7.29. The monoisotopic (exact) mass is 264 g/mol. The molecule has 3 heteroatoms. The van der Waals surface area contributed by atoms with E-state index in [9.17, 15) is 4.39 Å². The number of rotatable bonds is 5. The molecule has 1 saturated carbocycles. The molecule has 0 unspecified atom stereocenters. The molecule has 1 fully saturated rings. The Morgan fingerprint density at radius 2 is 1.95 bits per heavy atom. The van der Waals surface area contributed by atoms with Crippen LogP contribution in [0, 0.1) is 17.2 Å². The molecule has 1 aromatic carbocycles. The number of hydrogen-bond donors (Lipinski definition) is 2. The van der Waals surface area contributed by atoms with Gasteiger partial charge >= 0.3 is 0 Å². The van der Waals surface area contributed by atoms with Crippen molar-refractivity contribution in [2.24, 2.45) is 11.3 Å². The molecular formula is C16H25FN2. The Hall–Kier alpha value is -1.25. The molecule has 0 atom stereocenters. The lowest BCUT2D eigenvalue weighted by molar-refractivity contribution is 0.252. The lowest BCUT2D eigenvalue weighted by atomic mass is 9.78. The van der Waals surface area contributed by atoms with E-state index in [0.29, 0.717) is 17.0 Å². The molecule has 1 aliphatic rings. The summed E-state index contributed by atoms with van der Waals surface area (Å²) in [5.41, 5.74) is 7.34. The van der Waals surface area contributed by atoms with E-state index in [1.54, 1.807) is 6.07 Å². The summed E-state index contributed by atoms with van der Waals surface area (Å²) in [5.74, 6) is 0.435. The van der Waals surface area contributed by atoms with Gasteiger partial charge in [-0.1, -0.05) is 26.7 Å². The fourth-order valence-electron chi connectivity index (χ4n) is 3.45. The summed E-state index contributed by atoms with van der Waals surface area (Å²) in [4.78, 5) is 0. The van der Waals surface area contributed by atoms with Crippen LogP contribution in [-0.2, 0) is 0 Å². The third kappa shape index (κ3) is 3.85. The van der Waals surface area contributed by atoms with Crippen LogP contribution in [0.5, 0.6) is 0 Å². The predicted octanol–water partition coefficient (Wildman–Crippen LogP) is 4.43. The summed E-state index contributed by atoms with van der Waals surface area (Å²) in [5, 5.41) is 3.39. The fourth-order valence-corrected chi connectivity index (χ4v) is 3.45. The number of halogens is 1. The second kappa shape index (κ2) is 5.81. The number of hydrogen-bond acceptors (Lipinski definition) is 2. The molecule has 0 heterocycles. The first-order chi connectivity index (χ1) is 8.99. The van der Waals surface area contributed by atoms with E-state index in [1.165, 1.54) is 44.2 Å². The second-order valence-electron chi connectivity index (χ2n) is 6.43. The van der Waals surface area contributed by atoms with Gasteiger partial charge in [-0.3, -0.25) is 0 Å². The first kappa shape index (κ1) is 14.2. The van der Waals surface area contributed by atoms with Gasteiger partial charge in [0.15, 0.2) is 0 Å². The molecule has 1 aromatic rings. The minimum Gasteiger partial charge on any atom is -0.399 e. The zero-order chi connectivity index (χ0) is 13.9. The minimum atomic E-state index is -0.271. The highest BCUT2D eigenvalue weighted by Gasteiger charge is 2.34. The highest BCUT2D eigenvalue weighted by molar-refractivity contribution is 5.54. The van der Waals surface area contributed by atoms with Gasteiger partial charge in [-0.05, 0) is 48.8 Å². The molecule has 0 aromatic heterocycles. The number of benzene rings is 1. The zero-order valence-electron chi connectivity index (χ0n) is 12.0. The molecule has 106 valence electrons. The smallest absolute Gasteiger partial charge is 0.127 e. The third-order valence-corrected chi connectivity index (χ3v) is 4.09. The van der Waals surface area contributed by atoms with Crippen molar-refractivity contribution in [1.29, 1.82) is 0 Å².